The lowest BCUT2D eigenvalue weighted by molar-refractivity contribution is -0.151. The van der Waals surface area contributed by atoms with Crippen LogP contribution in [-0.2, 0) is 19.0 Å². The summed E-state index contributed by atoms with van der Waals surface area (Å²) >= 11 is 0. The molecule has 0 spiro atoms. The fraction of sp³-hybridized carbons (Fsp3) is 0.778. The molecule has 11 nitrogen and oxygen atoms in total. The molecule has 0 saturated carbocycles. The van der Waals surface area contributed by atoms with Crippen molar-refractivity contribution >= 4 is 12.1 Å². The van der Waals surface area contributed by atoms with Crippen molar-refractivity contribution in [3.05, 3.63) is 36.0 Å². The largest absolute Gasteiger partial charge is 0.457 e. The Labute approximate surface area is 293 Å². The fourth-order valence-electron chi connectivity index (χ4n) is 6.42. The first kappa shape index (κ1) is 41.9. The fourth-order valence-corrected chi connectivity index (χ4v) is 6.42. The second-order valence-corrected chi connectivity index (χ2v) is 14.7. The first-order valence-corrected chi connectivity index (χ1v) is 17.7. The normalized spacial score (nSPS) is 33.8. The molecule has 3 heterocycles. The van der Waals surface area contributed by atoms with E-state index in [1.807, 2.05) is 13.8 Å². The summed E-state index contributed by atoms with van der Waals surface area (Å²) in [6.07, 6.45) is -0.818. The minimum Gasteiger partial charge on any atom is -0.457 e. The third kappa shape index (κ3) is 13.2. The van der Waals surface area contributed by atoms with E-state index in [4.69, 9.17) is 14.2 Å². The zero-order valence-corrected chi connectivity index (χ0v) is 30.1. The molecule has 0 bridgehead atoms. The number of aliphatic hydroxyl groups is 4. The summed E-state index contributed by atoms with van der Waals surface area (Å²) in [6, 6.07) is 0. The smallest absolute Gasteiger partial charge is 0.410 e. The molecule has 0 aromatic heterocycles. The Bertz CT molecular complexity index is 1210. The van der Waals surface area contributed by atoms with E-state index in [0.717, 1.165) is 0 Å². The molecule has 10 atom stereocenters. The third-order valence-corrected chi connectivity index (χ3v) is 9.94. The van der Waals surface area contributed by atoms with E-state index in [1.165, 1.54) is 17.9 Å². The van der Waals surface area contributed by atoms with Crippen LogP contribution < -0.4 is 0 Å². The van der Waals surface area contributed by atoms with Crippen LogP contribution in [0.3, 0.4) is 0 Å². The van der Waals surface area contributed by atoms with E-state index >= 15 is 0 Å². The summed E-state index contributed by atoms with van der Waals surface area (Å²) in [5, 5.41) is 43.1. The molecule has 0 aliphatic carbocycles. The molecular formula is C36H57F3N2O9. The minimum absolute atomic E-state index is 0.00115. The van der Waals surface area contributed by atoms with Crippen LogP contribution >= 0.6 is 0 Å². The molecule has 2 fully saturated rings. The van der Waals surface area contributed by atoms with Gasteiger partial charge in [-0.15, -0.1) is 0 Å². The number of alkyl halides is 3. The first-order valence-electron chi connectivity index (χ1n) is 17.7. The van der Waals surface area contributed by atoms with Gasteiger partial charge in [-0.2, -0.15) is 13.2 Å². The van der Waals surface area contributed by atoms with Crippen LogP contribution in [0.15, 0.2) is 36.0 Å². The lowest BCUT2D eigenvalue weighted by atomic mass is 9.88. The minimum atomic E-state index is -4.26. The van der Waals surface area contributed by atoms with Gasteiger partial charge in [-0.05, 0) is 51.7 Å². The van der Waals surface area contributed by atoms with Gasteiger partial charge in [0.2, 0.25) is 0 Å². The lowest BCUT2D eigenvalue weighted by Gasteiger charge is -2.37. The number of cyclic esters (lactones) is 1. The monoisotopic (exact) mass is 718 g/mol. The number of carbonyl (C=O) groups is 2. The Hall–Kier alpha value is -2.49. The number of piperazine rings is 1. The van der Waals surface area contributed by atoms with E-state index in [-0.39, 0.29) is 70.1 Å². The van der Waals surface area contributed by atoms with Crippen molar-refractivity contribution in [1.29, 1.82) is 0 Å². The van der Waals surface area contributed by atoms with Crippen LogP contribution in [0.1, 0.15) is 80.1 Å². The summed E-state index contributed by atoms with van der Waals surface area (Å²) in [5.41, 5.74) is -2.18. The quantitative estimate of drug-likeness (QED) is 0.105. The summed E-state index contributed by atoms with van der Waals surface area (Å²) in [5.74, 6) is -1.13. The van der Waals surface area contributed by atoms with Gasteiger partial charge in [0.1, 0.15) is 11.7 Å². The van der Waals surface area contributed by atoms with E-state index < -0.39 is 66.2 Å². The van der Waals surface area contributed by atoms with Gasteiger partial charge in [0, 0.05) is 51.0 Å². The predicted octanol–water partition coefficient (Wildman–Crippen LogP) is 4.28. The van der Waals surface area contributed by atoms with E-state index in [1.54, 1.807) is 50.0 Å². The molecule has 50 heavy (non-hydrogen) atoms. The van der Waals surface area contributed by atoms with E-state index in [2.05, 4.69) is 0 Å². The van der Waals surface area contributed by atoms with Crippen molar-refractivity contribution in [1.82, 2.24) is 9.80 Å². The predicted molar refractivity (Wildman–Crippen MR) is 180 cm³/mol. The molecular weight excluding hydrogens is 661 g/mol. The van der Waals surface area contributed by atoms with Gasteiger partial charge in [-0.25, -0.2) is 4.79 Å². The zero-order chi connectivity index (χ0) is 37.4. The number of aliphatic hydroxyl groups excluding tert-OH is 2. The number of esters is 1. The number of epoxide rings is 1. The summed E-state index contributed by atoms with van der Waals surface area (Å²) in [6.45, 7) is 11.2. The number of allylic oxidation sites excluding steroid dienone is 2. The highest BCUT2D eigenvalue weighted by Crippen LogP contribution is 2.37. The SMILES string of the molecule is CCC(O)C(C)C1OC1CC(C)(O)/C=C/C=C(\C)C1OC(=O)CC(O)CCC(C)(O)C(OC(=O)N2CCN(CCC(F)(F)F)CC2)/C=C/C1C. The molecule has 2 saturated heterocycles. The molecule has 0 radical (unpaired) electrons. The molecule has 3 rings (SSSR count). The van der Waals surface area contributed by atoms with E-state index in [9.17, 15) is 43.2 Å². The number of hydrogen-bond acceptors (Lipinski definition) is 10. The van der Waals surface area contributed by atoms with Crippen molar-refractivity contribution in [3.8, 4) is 0 Å². The van der Waals surface area contributed by atoms with Crippen LogP contribution in [0, 0.1) is 11.8 Å². The van der Waals surface area contributed by atoms with Crippen LogP contribution in [-0.4, -0.2) is 129 Å². The van der Waals surface area contributed by atoms with Gasteiger partial charge >= 0.3 is 18.2 Å². The van der Waals surface area contributed by atoms with Gasteiger partial charge in [0.15, 0.2) is 6.10 Å². The number of hydrogen-bond donors (Lipinski definition) is 4. The number of rotatable bonds is 11. The highest BCUT2D eigenvalue weighted by molar-refractivity contribution is 5.70. The molecule has 4 N–H and O–H groups in total. The van der Waals surface area contributed by atoms with E-state index in [0.29, 0.717) is 18.4 Å². The van der Waals surface area contributed by atoms with Crippen molar-refractivity contribution < 1.29 is 57.4 Å². The van der Waals surface area contributed by atoms with Crippen LogP contribution in [0.2, 0.25) is 0 Å². The number of halogens is 3. The average molecular weight is 719 g/mol. The number of carbonyl (C=O) groups excluding carboxylic acids is 2. The molecule has 3 aliphatic rings. The number of amides is 1. The topological polar surface area (TPSA) is 153 Å². The lowest BCUT2D eigenvalue weighted by Crippen LogP contribution is -2.51. The summed E-state index contributed by atoms with van der Waals surface area (Å²) < 4.78 is 55.2. The molecule has 0 aromatic rings. The Kier molecular flexibility index (Phi) is 14.9. The zero-order valence-electron chi connectivity index (χ0n) is 30.1. The number of nitrogens with zero attached hydrogens (tertiary/aromatic N) is 2. The Morgan fingerprint density at radius 2 is 1.88 bits per heavy atom. The van der Waals surface area contributed by atoms with Gasteiger partial charge in [0.25, 0.3) is 0 Å². The van der Waals surface area contributed by atoms with Crippen LogP contribution in [0.5, 0.6) is 0 Å². The van der Waals surface area contributed by atoms with Crippen LogP contribution in [0.4, 0.5) is 18.0 Å². The molecule has 1 amide bonds. The molecule has 0 aromatic carbocycles. The summed E-state index contributed by atoms with van der Waals surface area (Å²) in [4.78, 5) is 29.0. The van der Waals surface area contributed by atoms with Gasteiger partial charge in [-0.3, -0.25) is 9.69 Å². The van der Waals surface area contributed by atoms with Gasteiger partial charge < -0.3 is 39.5 Å². The maximum absolute atomic E-state index is 13.2. The van der Waals surface area contributed by atoms with Crippen molar-refractivity contribution in [2.45, 2.75) is 134 Å². The Morgan fingerprint density at radius 3 is 2.50 bits per heavy atom. The van der Waals surface area contributed by atoms with Crippen LogP contribution in [0.25, 0.3) is 0 Å². The Balaban J connectivity index is 1.71. The molecule has 286 valence electrons. The van der Waals surface area contributed by atoms with Crippen molar-refractivity contribution in [3.63, 3.8) is 0 Å². The highest BCUT2D eigenvalue weighted by Gasteiger charge is 2.47. The second-order valence-electron chi connectivity index (χ2n) is 14.7. The molecule has 10 unspecified atom stereocenters. The average Bonchev–Trinajstić information content (AvgIpc) is 3.79. The highest BCUT2D eigenvalue weighted by atomic mass is 19.4. The van der Waals surface area contributed by atoms with Crippen molar-refractivity contribution in [2.75, 3.05) is 32.7 Å². The Morgan fingerprint density at radius 1 is 1.22 bits per heavy atom. The maximum Gasteiger partial charge on any atom is 0.410 e. The first-order chi connectivity index (χ1) is 23.2. The van der Waals surface area contributed by atoms with Crippen molar-refractivity contribution in [2.24, 2.45) is 11.8 Å². The maximum atomic E-state index is 13.2. The number of ether oxygens (including phenoxy) is 3. The second kappa shape index (κ2) is 17.8. The molecule has 14 heteroatoms. The molecule has 3 aliphatic heterocycles. The van der Waals surface area contributed by atoms with Gasteiger partial charge in [-0.1, -0.05) is 45.1 Å². The standard InChI is InChI=1S/C36H57F3N2O9/c1-7-27(43)25(4)32-28(48-32)22-34(5,46)13-8-9-23(2)31-24(3)10-11-29(35(6,47)14-12-26(42)21-30(44)50-31)49-33(45)41-19-17-40(18-20-41)16-15-36(37,38)39/h8-11,13,24-29,31-32,42-43,46-47H,7,12,14-22H2,1-6H3/b11-10+,13-8+,23-9+. The van der Waals surface area contributed by atoms with Gasteiger partial charge in [0.05, 0.1) is 42.9 Å². The summed E-state index contributed by atoms with van der Waals surface area (Å²) in [7, 11) is 0. The third-order valence-electron chi connectivity index (χ3n) is 9.94.